The second-order valence-electron chi connectivity index (χ2n) is 6.48. The topological polar surface area (TPSA) is 26.3 Å². The van der Waals surface area contributed by atoms with Gasteiger partial charge < -0.3 is 4.74 Å². The molecule has 2 heteroatoms. The van der Waals surface area contributed by atoms with Gasteiger partial charge in [-0.1, -0.05) is 44.6 Å². The molecule has 0 heterocycles. The maximum Gasteiger partial charge on any atom is 0.293 e. The van der Waals surface area contributed by atoms with Crippen molar-refractivity contribution in [2.24, 2.45) is 17.3 Å². The fourth-order valence-electron chi connectivity index (χ4n) is 3.39. The van der Waals surface area contributed by atoms with E-state index in [-0.39, 0.29) is 6.10 Å². The molecule has 0 saturated heterocycles. The zero-order chi connectivity index (χ0) is 13.3. The van der Waals surface area contributed by atoms with Crippen molar-refractivity contribution >= 4 is 6.47 Å². The SMILES string of the molecule is C=C1CC[C@H](OC=O)C(C)CC=C2[C@H]1CC2(C)C. The number of carbonyl (C=O) groups is 1. The summed E-state index contributed by atoms with van der Waals surface area (Å²) in [5, 5.41) is 0. The summed E-state index contributed by atoms with van der Waals surface area (Å²) in [6.07, 6.45) is 6.51. The molecular formula is C16H24O2. The molecule has 1 unspecified atom stereocenters. The Morgan fingerprint density at radius 3 is 2.83 bits per heavy atom. The molecule has 3 atom stereocenters. The monoisotopic (exact) mass is 248 g/mol. The van der Waals surface area contributed by atoms with E-state index < -0.39 is 0 Å². The van der Waals surface area contributed by atoms with Crippen molar-refractivity contribution in [3.63, 3.8) is 0 Å². The van der Waals surface area contributed by atoms with Gasteiger partial charge in [-0.2, -0.15) is 0 Å². The Kier molecular flexibility index (Phi) is 3.65. The van der Waals surface area contributed by atoms with Crippen LogP contribution in [0.3, 0.4) is 0 Å². The summed E-state index contributed by atoms with van der Waals surface area (Å²) < 4.78 is 5.23. The third-order valence-corrected chi connectivity index (χ3v) is 4.69. The van der Waals surface area contributed by atoms with Crippen molar-refractivity contribution in [1.29, 1.82) is 0 Å². The van der Waals surface area contributed by atoms with Gasteiger partial charge in [0.1, 0.15) is 6.10 Å². The lowest BCUT2D eigenvalue weighted by Gasteiger charge is -2.47. The molecule has 18 heavy (non-hydrogen) atoms. The molecule has 0 bridgehead atoms. The van der Waals surface area contributed by atoms with Gasteiger partial charge in [0.15, 0.2) is 0 Å². The predicted octanol–water partition coefficient (Wildman–Crippen LogP) is 3.88. The Morgan fingerprint density at radius 2 is 2.22 bits per heavy atom. The molecule has 100 valence electrons. The maximum atomic E-state index is 10.6. The van der Waals surface area contributed by atoms with E-state index >= 15 is 0 Å². The molecule has 2 aliphatic rings. The lowest BCUT2D eigenvalue weighted by molar-refractivity contribution is -0.136. The van der Waals surface area contributed by atoms with Crippen LogP contribution in [0.1, 0.15) is 46.5 Å². The van der Waals surface area contributed by atoms with Gasteiger partial charge in [-0.3, -0.25) is 4.79 Å². The summed E-state index contributed by atoms with van der Waals surface area (Å²) in [7, 11) is 0. The zero-order valence-electron chi connectivity index (χ0n) is 11.7. The first-order valence-electron chi connectivity index (χ1n) is 6.93. The average Bonchev–Trinajstić information content (AvgIpc) is 2.34. The van der Waals surface area contributed by atoms with Crippen LogP contribution in [0, 0.1) is 17.3 Å². The summed E-state index contributed by atoms with van der Waals surface area (Å²) in [5.41, 5.74) is 3.19. The quantitative estimate of drug-likeness (QED) is 0.547. The number of fused-ring (bicyclic) bond motifs is 1. The highest BCUT2D eigenvalue weighted by Gasteiger charge is 2.43. The third kappa shape index (κ3) is 2.38. The predicted molar refractivity (Wildman–Crippen MR) is 73.1 cm³/mol. The van der Waals surface area contributed by atoms with Crippen LogP contribution < -0.4 is 0 Å². The molecule has 2 aliphatic carbocycles. The summed E-state index contributed by atoms with van der Waals surface area (Å²) in [6, 6.07) is 0. The Morgan fingerprint density at radius 1 is 1.50 bits per heavy atom. The average molecular weight is 248 g/mol. The van der Waals surface area contributed by atoms with Gasteiger partial charge in [-0.25, -0.2) is 0 Å². The van der Waals surface area contributed by atoms with Crippen LogP contribution in [0.4, 0.5) is 0 Å². The Bertz CT molecular complexity index is 379. The molecule has 2 nitrogen and oxygen atoms in total. The minimum Gasteiger partial charge on any atom is -0.464 e. The van der Waals surface area contributed by atoms with E-state index in [2.05, 4.69) is 33.4 Å². The molecule has 0 radical (unpaired) electrons. The summed E-state index contributed by atoms with van der Waals surface area (Å²) >= 11 is 0. The van der Waals surface area contributed by atoms with Crippen LogP contribution >= 0.6 is 0 Å². The second-order valence-corrected chi connectivity index (χ2v) is 6.48. The number of carbonyl (C=O) groups excluding carboxylic acids is 1. The normalized spacial score (nSPS) is 35.2. The van der Waals surface area contributed by atoms with E-state index in [1.54, 1.807) is 5.57 Å². The van der Waals surface area contributed by atoms with Crippen LogP contribution in [0.25, 0.3) is 0 Å². The Labute approximate surface area is 110 Å². The van der Waals surface area contributed by atoms with Crippen LogP contribution in [0.2, 0.25) is 0 Å². The van der Waals surface area contributed by atoms with Crippen molar-refractivity contribution in [2.75, 3.05) is 0 Å². The number of rotatable bonds is 2. The van der Waals surface area contributed by atoms with Crippen LogP contribution in [-0.4, -0.2) is 12.6 Å². The van der Waals surface area contributed by atoms with Gasteiger partial charge in [-0.15, -0.1) is 0 Å². The molecular weight excluding hydrogens is 224 g/mol. The molecule has 1 fully saturated rings. The lowest BCUT2D eigenvalue weighted by atomic mass is 9.57. The van der Waals surface area contributed by atoms with Crippen molar-refractivity contribution in [1.82, 2.24) is 0 Å². The first-order chi connectivity index (χ1) is 8.45. The fourth-order valence-corrected chi connectivity index (χ4v) is 3.39. The van der Waals surface area contributed by atoms with E-state index in [1.807, 2.05) is 0 Å². The highest BCUT2D eigenvalue weighted by atomic mass is 16.5. The Hall–Kier alpha value is -1.05. The van der Waals surface area contributed by atoms with Gasteiger partial charge in [0.2, 0.25) is 0 Å². The van der Waals surface area contributed by atoms with Gasteiger partial charge in [0, 0.05) is 5.92 Å². The molecule has 0 aromatic carbocycles. The lowest BCUT2D eigenvalue weighted by Crippen LogP contribution is -2.36. The standard InChI is InChI=1S/C16H24O2/c1-11-6-8-15(18-10-17)12(2)5-7-14-13(11)9-16(14,3)4/h7,10,12-13,15H,1,5-6,8-9H2,2-4H3/t12?,13-,15-/m0/s1. The fraction of sp³-hybridized carbons (Fsp3) is 0.688. The highest BCUT2D eigenvalue weighted by molar-refractivity contribution is 5.38. The zero-order valence-corrected chi connectivity index (χ0v) is 11.7. The van der Waals surface area contributed by atoms with Crippen LogP contribution in [0.5, 0.6) is 0 Å². The second kappa shape index (κ2) is 4.91. The minimum absolute atomic E-state index is 0.0386. The summed E-state index contributed by atoms with van der Waals surface area (Å²) in [5.74, 6) is 0.966. The molecule has 0 amide bonds. The van der Waals surface area contributed by atoms with Crippen molar-refractivity contribution in [3.8, 4) is 0 Å². The molecule has 1 saturated carbocycles. The molecule has 0 aromatic heterocycles. The van der Waals surface area contributed by atoms with E-state index in [0.717, 1.165) is 19.3 Å². The van der Waals surface area contributed by atoms with Crippen molar-refractivity contribution < 1.29 is 9.53 Å². The van der Waals surface area contributed by atoms with Gasteiger partial charge in [-0.05, 0) is 37.0 Å². The smallest absolute Gasteiger partial charge is 0.293 e. The van der Waals surface area contributed by atoms with E-state index in [9.17, 15) is 4.79 Å². The summed E-state index contributed by atoms with van der Waals surface area (Å²) in [4.78, 5) is 10.6. The van der Waals surface area contributed by atoms with Crippen molar-refractivity contribution in [3.05, 3.63) is 23.8 Å². The highest BCUT2D eigenvalue weighted by Crippen LogP contribution is 2.54. The van der Waals surface area contributed by atoms with E-state index in [1.165, 1.54) is 12.0 Å². The molecule has 2 rings (SSSR count). The molecule has 0 spiro atoms. The molecule has 0 N–H and O–H groups in total. The molecule has 0 aliphatic heterocycles. The number of ether oxygens (including phenoxy) is 1. The van der Waals surface area contributed by atoms with Gasteiger partial charge in [0.05, 0.1) is 0 Å². The number of allylic oxidation sites excluding steroid dienone is 3. The van der Waals surface area contributed by atoms with Crippen molar-refractivity contribution in [2.45, 2.75) is 52.6 Å². The van der Waals surface area contributed by atoms with Gasteiger partial charge in [0.25, 0.3) is 6.47 Å². The number of hydrogen-bond donors (Lipinski definition) is 0. The molecule has 0 aromatic rings. The first kappa shape index (κ1) is 13.4. The summed E-state index contributed by atoms with van der Waals surface area (Å²) in [6.45, 7) is 11.6. The largest absolute Gasteiger partial charge is 0.464 e. The van der Waals surface area contributed by atoms with Gasteiger partial charge >= 0.3 is 0 Å². The maximum absolute atomic E-state index is 10.6. The minimum atomic E-state index is 0.0386. The van der Waals surface area contributed by atoms with E-state index in [4.69, 9.17) is 4.74 Å². The van der Waals surface area contributed by atoms with Crippen LogP contribution in [-0.2, 0) is 9.53 Å². The van der Waals surface area contributed by atoms with E-state index in [0.29, 0.717) is 23.7 Å². The van der Waals surface area contributed by atoms with Crippen LogP contribution in [0.15, 0.2) is 23.8 Å². The first-order valence-corrected chi connectivity index (χ1v) is 6.93. The third-order valence-electron chi connectivity index (χ3n) is 4.69. The number of hydrogen-bond acceptors (Lipinski definition) is 2. The Balaban J connectivity index is 2.17.